The molecule has 0 spiro atoms. The van der Waals surface area contributed by atoms with Crippen LogP contribution in [0.15, 0.2) is 0 Å². The lowest BCUT2D eigenvalue weighted by molar-refractivity contribution is -0.262. The third-order valence-corrected chi connectivity index (χ3v) is 3.52. The van der Waals surface area contributed by atoms with Crippen LogP contribution in [0.3, 0.4) is 0 Å². The van der Waals surface area contributed by atoms with Gasteiger partial charge in [0.1, 0.15) is 24.2 Å². The fourth-order valence-electron chi connectivity index (χ4n) is 1.27. The predicted molar refractivity (Wildman–Crippen MR) is 47.7 cm³/mol. The third kappa shape index (κ3) is 2.18. The van der Waals surface area contributed by atoms with Crippen molar-refractivity contribution in [3.05, 3.63) is 0 Å². The van der Waals surface area contributed by atoms with E-state index >= 15 is 0 Å². The predicted octanol–water partition coefficient (Wildman–Crippen LogP) is -1.51. The Morgan fingerprint density at radius 3 is 1.92 bits per heavy atom. The summed E-state index contributed by atoms with van der Waals surface area (Å²) in [6.45, 7) is 3.72. The average molecular weight is 210 g/mol. The van der Waals surface area contributed by atoms with E-state index in [1.54, 1.807) is 0 Å². The molecule has 5 atom stereocenters. The molecule has 0 aromatic rings. The van der Waals surface area contributed by atoms with Crippen LogP contribution in [0.1, 0.15) is 0 Å². The second-order valence-electron chi connectivity index (χ2n) is 3.35. The first-order chi connectivity index (χ1) is 5.95. The highest BCUT2D eigenvalue weighted by Gasteiger charge is 2.43. The maximum absolute atomic E-state index is 9.47. The van der Waals surface area contributed by atoms with Gasteiger partial charge in [-0.05, 0) is 13.3 Å². The highest BCUT2D eigenvalue weighted by atomic mass is 31.1. The van der Waals surface area contributed by atoms with E-state index in [1.165, 1.54) is 0 Å². The number of aliphatic hydroxyl groups is 4. The lowest BCUT2D eigenvalue weighted by Crippen LogP contribution is -2.56. The molecule has 0 aromatic carbocycles. The molecular weight excluding hydrogens is 195 g/mol. The van der Waals surface area contributed by atoms with E-state index in [0.29, 0.717) is 0 Å². The average Bonchev–Trinajstić information content (AvgIpc) is 2.07. The maximum Gasteiger partial charge on any atom is 0.184 e. The lowest BCUT2D eigenvalue weighted by Gasteiger charge is -2.40. The molecule has 0 radical (unpaired) electrons. The first kappa shape index (κ1) is 11.3. The van der Waals surface area contributed by atoms with Crippen LogP contribution < -0.4 is 0 Å². The lowest BCUT2D eigenvalue weighted by atomic mass is 10.1. The first-order valence-corrected chi connectivity index (χ1v) is 6.30. The molecule has 4 N–H and O–H groups in total. The van der Waals surface area contributed by atoms with Gasteiger partial charge < -0.3 is 25.2 Å². The van der Waals surface area contributed by atoms with Crippen molar-refractivity contribution in [2.24, 2.45) is 0 Å². The van der Waals surface area contributed by atoms with Crippen molar-refractivity contribution in [2.75, 3.05) is 13.3 Å². The van der Waals surface area contributed by atoms with E-state index in [9.17, 15) is 10.2 Å². The van der Waals surface area contributed by atoms with Crippen molar-refractivity contribution >= 4 is 7.92 Å². The highest BCUT2D eigenvalue weighted by Crippen LogP contribution is 2.39. The summed E-state index contributed by atoms with van der Waals surface area (Å²) in [6.07, 6.45) is -5.30. The molecule has 0 amide bonds. The second-order valence-corrected chi connectivity index (χ2v) is 5.79. The summed E-state index contributed by atoms with van der Waals surface area (Å²) in [5, 5.41) is 37.1. The topological polar surface area (TPSA) is 90.2 Å². The second kappa shape index (κ2) is 4.17. The van der Waals surface area contributed by atoms with Gasteiger partial charge in [-0.1, -0.05) is 7.92 Å². The number of rotatable bonds is 1. The minimum Gasteiger partial charge on any atom is -0.387 e. The number of hydrogen-bond acceptors (Lipinski definition) is 5. The summed E-state index contributed by atoms with van der Waals surface area (Å²) in [4.78, 5) is 0. The molecule has 1 aliphatic heterocycles. The Kier molecular flexibility index (Phi) is 3.63. The Morgan fingerprint density at radius 2 is 1.46 bits per heavy atom. The Bertz CT molecular complexity index is 176. The van der Waals surface area contributed by atoms with Crippen molar-refractivity contribution in [2.45, 2.75) is 30.4 Å². The Morgan fingerprint density at radius 1 is 0.923 bits per heavy atom. The molecule has 0 aromatic heterocycles. The van der Waals surface area contributed by atoms with Gasteiger partial charge in [0, 0.05) is 0 Å². The van der Waals surface area contributed by atoms with Crippen molar-refractivity contribution in [3.63, 3.8) is 0 Å². The molecule has 0 aliphatic carbocycles. The van der Waals surface area contributed by atoms with E-state index in [4.69, 9.17) is 14.9 Å². The van der Waals surface area contributed by atoms with Crippen LogP contribution in [-0.2, 0) is 4.74 Å². The van der Waals surface area contributed by atoms with Crippen LogP contribution in [-0.4, -0.2) is 64.2 Å². The standard InChI is InChI=1S/C7H15O5P/c1-13(2)7-5(10)3(8)4(9)6(11)12-7/h3-11H,1-2H3/t3-,4-,5+,6+,7-/m1/s1. The molecular formula is C7H15O5P. The minimum absolute atomic E-state index is 0.580. The molecule has 6 heteroatoms. The number of aliphatic hydroxyl groups excluding tert-OH is 4. The normalized spacial score (nSPS) is 46.8. The van der Waals surface area contributed by atoms with E-state index < -0.39 is 38.4 Å². The van der Waals surface area contributed by atoms with Gasteiger partial charge in [0.2, 0.25) is 0 Å². The van der Waals surface area contributed by atoms with E-state index in [1.807, 2.05) is 13.3 Å². The summed E-state index contributed by atoms with van der Waals surface area (Å²) in [6, 6.07) is 0. The monoisotopic (exact) mass is 210 g/mol. The van der Waals surface area contributed by atoms with Crippen molar-refractivity contribution in [3.8, 4) is 0 Å². The maximum atomic E-state index is 9.47. The van der Waals surface area contributed by atoms with Crippen molar-refractivity contribution in [1.82, 2.24) is 0 Å². The van der Waals surface area contributed by atoms with Gasteiger partial charge in [0.15, 0.2) is 6.29 Å². The molecule has 0 bridgehead atoms. The van der Waals surface area contributed by atoms with Gasteiger partial charge in [-0.25, -0.2) is 0 Å². The zero-order valence-corrected chi connectivity index (χ0v) is 8.43. The van der Waals surface area contributed by atoms with Gasteiger partial charge in [-0.2, -0.15) is 0 Å². The van der Waals surface area contributed by atoms with Crippen LogP contribution in [0.5, 0.6) is 0 Å². The summed E-state index contributed by atoms with van der Waals surface area (Å²) in [5.74, 6) is -0.580. The highest BCUT2D eigenvalue weighted by molar-refractivity contribution is 7.56. The van der Waals surface area contributed by atoms with Gasteiger partial charge in [-0.3, -0.25) is 0 Å². The zero-order valence-electron chi connectivity index (χ0n) is 7.53. The van der Waals surface area contributed by atoms with Crippen LogP contribution in [0, 0.1) is 0 Å². The zero-order chi connectivity index (χ0) is 10.2. The quantitative estimate of drug-likeness (QED) is 0.395. The third-order valence-electron chi connectivity index (χ3n) is 2.07. The molecule has 0 saturated carbocycles. The van der Waals surface area contributed by atoms with Gasteiger partial charge >= 0.3 is 0 Å². The number of hydrogen-bond donors (Lipinski definition) is 4. The molecule has 13 heavy (non-hydrogen) atoms. The van der Waals surface area contributed by atoms with Crippen LogP contribution in [0.4, 0.5) is 0 Å². The van der Waals surface area contributed by atoms with Gasteiger partial charge in [0.05, 0.1) is 0 Å². The van der Waals surface area contributed by atoms with Gasteiger partial charge in [-0.15, -0.1) is 0 Å². The Labute approximate surface area is 77.7 Å². The summed E-state index contributed by atoms with van der Waals surface area (Å²) >= 11 is 0. The van der Waals surface area contributed by atoms with Crippen molar-refractivity contribution in [1.29, 1.82) is 0 Å². The van der Waals surface area contributed by atoms with Crippen LogP contribution in [0.2, 0.25) is 0 Å². The largest absolute Gasteiger partial charge is 0.387 e. The molecule has 1 heterocycles. The van der Waals surface area contributed by atoms with Crippen molar-refractivity contribution < 1.29 is 25.2 Å². The van der Waals surface area contributed by atoms with Crippen LogP contribution >= 0.6 is 7.92 Å². The molecule has 78 valence electrons. The fraction of sp³-hybridized carbons (Fsp3) is 1.00. The first-order valence-electron chi connectivity index (χ1n) is 3.99. The molecule has 1 saturated heterocycles. The minimum atomic E-state index is -1.43. The van der Waals surface area contributed by atoms with Crippen LogP contribution in [0.25, 0.3) is 0 Å². The molecule has 1 fully saturated rings. The van der Waals surface area contributed by atoms with E-state index in [-0.39, 0.29) is 0 Å². The summed E-state index contributed by atoms with van der Waals surface area (Å²) in [5.41, 5.74) is 0. The smallest absolute Gasteiger partial charge is 0.184 e. The molecule has 1 aliphatic rings. The summed E-state index contributed by atoms with van der Waals surface area (Å²) < 4.78 is 4.97. The molecule has 1 rings (SSSR count). The van der Waals surface area contributed by atoms with Gasteiger partial charge in [0.25, 0.3) is 0 Å². The fourth-order valence-corrected chi connectivity index (χ4v) is 2.43. The summed E-state index contributed by atoms with van der Waals surface area (Å²) in [7, 11) is -0.634. The SMILES string of the molecule is CP(C)[C@H]1O[C@H](O)[C@H](O)[C@@H](O)[C@@H]1O. The molecule has 5 nitrogen and oxygen atoms in total. The Hall–Kier alpha value is 0.230. The van der Waals surface area contributed by atoms with E-state index in [2.05, 4.69) is 0 Å². The molecule has 0 unspecified atom stereocenters. The number of ether oxygens (including phenoxy) is 1. The Balaban J connectivity index is 2.70. The van der Waals surface area contributed by atoms with E-state index in [0.717, 1.165) is 0 Å².